The van der Waals surface area contributed by atoms with Crippen molar-refractivity contribution < 1.29 is 21.1 Å². The van der Waals surface area contributed by atoms with Crippen LogP contribution < -0.4 is 21.3 Å². The number of hydrogen-bond donors (Lipinski definition) is 1. The van der Waals surface area contributed by atoms with Crippen molar-refractivity contribution in [3.05, 3.63) is 91.0 Å². The summed E-state index contributed by atoms with van der Waals surface area (Å²) in [5, 5.41) is 5.73. The molecule has 3 aromatic rings. The first-order valence-electron chi connectivity index (χ1n) is 8.88. The SMILES string of the molecule is CNN(C)CCP(Cl)(c1ccccc1)(c1ccccc1)c1ccccc1.[Pt]. The van der Waals surface area contributed by atoms with Gasteiger partial charge in [0.05, 0.1) is 0 Å². The van der Waals surface area contributed by atoms with Crippen LogP contribution in [-0.4, -0.2) is 31.8 Å². The van der Waals surface area contributed by atoms with Gasteiger partial charge in [-0.25, -0.2) is 0 Å². The molecule has 3 aromatic carbocycles. The van der Waals surface area contributed by atoms with Crippen LogP contribution in [0.3, 0.4) is 0 Å². The third-order valence-corrected chi connectivity index (χ3v) is 12.5. The van der Waals surface area contributed by atoms with E-state index >= 15 is 0 Å². The predicted octanol–water partition coefficient (Wildman–Crippen LogP) is 3.73. The van der Waals surface area contributed by atoms with Crippen LogP contribution in [0.5, 0.6) is 0 Å². The van der Waals surface area contributed by atoms with Gasteiger partial charge in [-0.1, -0.05) is 0 Å². The molecule has 3 rings (SSSR count). The molecule has 0 bridgehead atoms. The Kier molecular flexibility index (Phi) is 7.81. The van der Waals surface area contributed by atoms with Crippen LogP contribution in [0.4, 0.5) is 0 Å². The molecule has 0 aromatic heterocycles. The van der Waals surface area contributed by atoms with Crippen molar-refractivity contribution in [2.45, 2.75) is 0 Å². The molecule has 0 unspecified atom stereocenters. The van der Waals surface area contributed by atoms with Crippen LogP contribution in [0.15, 0.2) is 91.0 Å². The van der Waals surface area contributed by atoms with E-state index in [4.69, 9.17) is 11.2 Å². The number of rotatable bonds is 7. The van der Waals surface area contributed by atoms with Gasteiger partial charge in [0.25, 0.3) is 0 Å². The molecular formula is C22H26ClN2PPt. The van der Waals surface area contributed by atoms with Gasteiger partial charge in [-0.3, -0.25) is 0 Å². The maximum absolute atomic E-state index is 7.95. The van der Waals surface area contributed by atoms with E-state index in [0.717, 1.165) is 12.7 Å². The summed E-state index contributed by atoms with van der Waals surface area (Å²) in [6.07, 6.45) is 0.850. The standard InChI is InChI=1S/C22H26ClN2P.Pt/c1-24-25(2)18-19-26(23,20-12-6-3-7-13-20,21-14-8-4-9-15-21)22-16-10-5-11-17-22;/h3-17,24H,18-19H2,1-2H3;. The number of hydrazine groups is 1. The molecule has 0 saturated carbocycles. The second-order valence-corrected chi connectivity index (χ2v) is 13.2. The van der Waals surface area contributed by atoms with Gasteiger partial charge in [0.1, 0.15) is 0 Å². The Bertz CT molecular complexity index is 731. The van der Waals surface area contributed by atoms with Gasteiger partial charge in [0.15, 0.2) is 0 Å². The minimum absolute atomic E-state index is 0. The molecule has 5 heteroatoms. The van der Waals surface area contributed by atoms with Crippen LogP contribution in [-0.2, 0) is 21.1 Å². The van der Waals surface area contributed by atoms with E-state index in [-0.39, 0.29) is 21.1 Å². The number of benzene rings is 3. The first-order valence-corrected chi connectivity index (χ1v) is 12.2. The number of nitrogens with zero attached hydrogens (tertiary/aromatic N) is 1. The molecule has 0 radical (unpaired) electrons. The second kappa shape index (κ2) is 9.46. The number of halogens is 1. The molecule has 1 N–H and O–H groups in total. The first-order chi connectivity index (χ1) is 12.6. The molecule has 0 atom stereocenters. The molecule has 0 aliphatic carbocycles. The Hall–Kier alpha value is -1.01. The summed E-state index contributed by atoms with van der Waals surface area (Å²) in [5.74, 6) is -3.12. The van der Waals surface area contributed by atoms with E-state index in [2.05, 4.69) is 108 Å². The van der Waals surface area contributed by atoms with Gasteiger partial charge >= 0.3 is 161 Å². The Morgan fingerprint density at radius 3 is 1.37 bits per heavy atom. The van der Waals surface area contributed by atoms with Gasteiger partial charge < -0.3 is 0 Å². The van der Waals surface area contributed by atoms with Gasteiger partial charge in [-0.05, 0) is 0 Å². The van der Waals surface area contributed by atoms with Crippen LogP contribution in [0.2, 0.25) is 0 Å². The van der Waals surface area contributed by atoms with Crippen LogP contribution >= 0.6 is 17.2 Å². The third-order valence-electron chi connectivity index (χ3n) is 5.12. The predicted molar refractivity (Wildman–Crippen MR) is 118 cm³/mol. The normalized spacial score (nSPS) is 12.8. The summed E-state index contributed by atoms with van der Waals surface area (Å²) in [5.41, 5.74) is 3.20. The van der Waals surface area contributed by atoms with Crippen LogP contribution in [0, 0.1) is 0 Å². The molecular weight excluding hydrogens is 554 g/mol. The summed E-state index contributed by atoms with van der Waals surface area (Å²) in [6.45, 7) is 0.844. The van der Waals surface area contributed by atoms with Gasteiger partial charge in [-0.15, -0.1) is 0 Å². The van der Waals surface area contributed by atoms with E-state index in [0.29, 0.717) is 0 Å². The Balaban J connectivity index is 0.00000261. The quantitative estimate of drug-likeness (QED) is 0.339. The van der Waals surface area contributed by atoms with E-state index in [1.54, 1.807) is 0 Å². The molecule has 0 fully saturated rings. The summed E-state index contributed by atoms with van der Waals surface area (Å²) >= 11 is 7.95. The van der Waals surface area contributed by atoms with Crippen molar-refractivity contribution in [2.24, 2.45) is 0 Å². The first kappa shape index (κ1) is 22.3. The molecule has 0 amide bonds. The van der Waals surface area contributed by atoms with Crippen LogP contribution in [0.1, 0.15) is 0 Å². The van der Waals surface area contributed by atoms with Gasteiger partial charge in [0, 0.05) is 21.1 Å². The monoisotopic (exact) mass is 579 g/mol. The Morgan fingerprint density at radius 2 is 1.07 bits per heavy atom. The van der Waals surface area contributed by atoms with Crippen molar-refractivity contribution in [3.63, 3.8) is 0 Å². The summed E-state index contributed by atoms with van der Waals surface area (Å²) < 4.78 is 0. The zero-order valence-corrected chi connectivity index (χ0v) is 19.6. The molecule has 0 heterocycles. The van der Waals surface area contributed by atoms with Crippen molar-refractivity contribution >= 4 is 33.1 Å². The second-order valence-electron chi connectivity index (χ2n) is 6.56. The smallest absolute Gasteiger partial charge is 0 e. The summed E-state index contributed by atoms with van der Waals surface area (Å²) in [7, 11) is 4.00. The minimum Gasteiger partial charge on any atom is 0 e. The fourth-order valence-corrected chi connectivity index (χ4v) is 9.47. The zero-order valence-electron chi connectivity index (χ0n) is 15.7. The fourth-order valence-electron chi connectivity index (χ4n) is 3.50. The van der Waals surface area contributed by atoms with E-state index in [1.807, 2.05) is 7.05 Å². The largest absolute Gasteiger partial charge is 0 e. The van der Waals surface area contributed by atoms with E-state index in [9.17, 15) is 0 Å². The molecule has 0 saturated heterocycles. The minimum atomic E-state index is -3.12. The zero-order chi connectivity index (χ0) is 18.5. The molecule has 0 aliphatic rings. The average Bonchev–Trinajstić information content (AvgIpc) is 2.74. The van der Waals surface area contributed by atoms with Crippen LogP contribution in [0.25, 0.3) is 0 Å². The van der Waals surface area contributed by atoms with Gasteiger partial charge in [0.2, 0.25) is 0 Å². The topological polar surface area (TPSA) is 15.3 Å². The van der Waals surface area contributed by atoms with Gasteiger partial charge in [-0.2, -0.15) is 0 Å². The number of nitrogens with one attached hydrogen (secondary N) is 1. The fraction of sp³-hybridized carbons (Fsp3) is 0.182. The molecule has 0 aliphatic heterocycles. The molecule has 0 spiro atoms. The van der Waals surface area contributed by atoms with Crippen molar-refractivity contribution in [2.75, 3.05) is 26.8 Å². The van der Waals surface area contributed by atoms with Crippen molar-refractivity contribution in [1.29, 1.82) is 0 Å². The number of hydrogen-bond acceptors (Lipinski definition) is 2. The molecule has 146 valence electrons. The maximum atomic E-state index is 7.95. The Morgan fingerprint density at radius 1 is 0.741 bits per heavy atom. The van der Waals surface area contributed by atoms with E-state index in [1.165, 1.54) is 15.9 Å². The maximum Gasteiger partial charge on any atom is 0 e. The Labute approximate surface area is 181 Å². The average molecular weight is 580 g/mol. The summed E-state index contributed by atoms with van der Waals surface area (Å²) in [4.78, 5) is 0. The summed E-state index contributed by atoms with van der Waals surface area (Å²) in [6, 6.07) is 31.8. The molecule has 2 nitrogen and oxygen atoms in total. The molecule has 27 heavy (non-hydrogen) atoms. The third kappa shape index (κ3) is 4.21. The van der Waals surface area contributed by atoms with Crippen molar-refractivity contribution in [1.82, 2.24) is 10.4 Å². The van der Waals surface area contributed by atoms with Crippen molar-refractivity contribution in [3.8, 4) is 0 Å². The van der Waals surface area contributed by atoms with E-state index < -0.39 is 5.96 Å².